The summed E-state index contributed by atoms with van der Waals surface area (Å²) in [7, 11) is 0. The number of rotatable bonds is 5. The monoisotopic (exact) mass is 267 g/mol. The molecule has 5 heteroatoms. The van der Waals surface area contributed by atoms with Crippen LogP contribution >= 0.6 is 0 Å². The van der Waals surface area contributed by atoms with E-state index in [2.05, 4.69) is 10.0 Å². The largest absolute Gasteiger partial charge is 0.460 e. The van der Waals surface area contributed by atoms with Crippen molar-refractivity contribution in [3.8, 4) is 0 Å². The molecule has 5 nitrogen and oxygen atoms in total. The fourth-order valence-electron chi connectivity index (χ4n) is 1.74. The van der Waals surface area contributed by atoms with Crippen molar-refractivity contribution in [2.24, 2.45) is 5.11 Å². The van der Waals surface area contributed by atoms with Crippen LogP contribution in [0.3, 0.4) is 0 Å². The number of hydrogen-bond acceptors (Lipinski definition) is 3. The van der Waals surface area contributed by atoms with Crippen molar-refractivity contribution >= 4 is 5.97 Å². The minimum absolute atomic E-state index is 0.157. The Labute approximate surface area is 116 Å². The summed E-state index contributed by atoms with van der Waals surface area (Å²) in [5.74, 6) is -0.558. The summed E-state index contributed by atoms with van der Waals surface area (Å²) in [4.78, 5) is 14.7. The predicted molar refractivity (Wildman–Crippen MR) is 74.6 cm³/mol. The van der Waals surface area contributed by atoms with Gasteiger partial charge >= 0.3 is 5.97 Å². The predicted octanol–water partition coefficient (Wildman–Crippen LogP) is 3.78. The molecular formula is C15H13N3O2. The lowest BCUT2D eigenvalue weighted by Gasteiger charge is -2.11. The number of hydrogen-bond donors (Lipinski definition) is 0. The zero-order valence-electron chi connectivity index (χ0n) is 10.7. The van der Waals surface area contributed by atoms with Crippen LogP contribution in [-0.4, -0.2) is 5.97 Å². The van der Waals surface area contributed by atoms with E-state index in [0.29, 0.717) is 5.56 Å². The molecule has 2 rings (SSSR count). The molecule has 2 aromatic rings. The first-order chi connectivity index (χ1) is 9.81. The summed E-state index contributed by atoms with van der Waals surface area (Å²) in [6.45, 7) is 0.157. The SMILES string of the molecule is [N-]=[N+]=N[C@@H](C(=O)OCc1ccccc1)c1ccccc1. The van der Waals surface area contributed by atoms with E-state index in [1.54, 1.807) is 24.3 Å². The van der Waals surface area contributed by atoms with Crippen LogP contribution in [0.25, 0.3) is 10.4 Å². The van der Waals surface area contributed by atoms with E-state index in [9.17, 15) is 4.79 Å². The normalized spacial score (nSPS) is 11.2. The van der Waals surface area contributed by atoms with E-state index >= 15 is 0 Å². The second-order valence-corrected chi connectivity index (χ2v) is 4.11. The van der Waals surface area contributed by atoms with Crippen molar-refractivity contribution in [3.05, 3.63) is 82.2 Å². The van der Waals surface area contributed by atoms with E-state index in [4.69, 9.17) is 10.3 Å². The molecule has 20 heavy (non-hydrogen) atoms. The Morgan fingerprint density at radius 2 is 1.70 bits per heavy atom. The standard InChI is InChI=1S/C15H13N3O2/c16-18-17-14(13-9-5-2-6-10-13)15(19)20-11-12-7-3-1-4-8-12/h1-10,14H,11H2/t14-/m1/s1. The van der Waals surface area contributed by atoms with Gasteiger partial charge < -0.3 is 4.74 Å². The van der Waals surface area contributed by atoms with Crippen LogP contribution in [0.2, 0.25) is 0 Å². The smallest absolute Gasteiger partial charge is 0.319 e. The zero-order valence-corrected chi connectivity index (χ0v) is 10.7. The van der Waals surface area contributed by atoms with Crippen LogP contribution in [0.1, 0.15) is 17.2 Å². The Kier molecular flexibility index (Phi) is 4.76. The van der Waals surface area contributed by atoms with Crippen molar-refractivity contribution in [2.45, 2.75) is 12.6 Å². The van der Waals surface area contributed by atoms with Crippen LogP contribution in [-0.2, 0) is 16.1 Å². The average molecular weight is 267 g/mol. The zero-order chi connectivity index (χ0) is 14.2. The minimum Gasteiger partial charge on any atom is -0.460 e. The first-order valence-electron chi connectivity index (χ1n) is 6.11. The van der Waals surface area contributed by atoms with Crippen molar-refractivity contribution in [2.75, 3.05) is 0 Å². The molecule has 0 N–H and O–H groups in total. The lowest BCUT2D eigenvalue weighted by molar-refractivity contribution is -0.146. The van der Waals surface area contributed by atoms with Crippen LogP contribution in [0.4, 0.5) is 0 Å². The van der Waals surface area contributed by atoms with Gasteiger partial charge in [-0.3, -0.25) is 4.79 Å². The molecule has 0 bridgehead atoms. The summed E-state index contributed by atoms with van der Waals surface area (Å²) in [5.41, 5.74) is 10.1. The van der Waals surface area contributed by atoms with Gasteiger partial charge in [-0.25, -0.2) is 0 Å². The quantitative estimate of drug-likeness (QED) is 0.358. The Bertz CT molecular complexity index is 608. The maximum absolute atomic E-state index is 12.0. The van der Waals surface area contributed by atoms with Gasteiger partial charge in [-0.05, 0) is 16.7 Å². The molecule has 2 aromatic carbocycles. The van der Waals surface area contributed by atoms with Gasteiger partial charge in [-0.15, -0.1) is 0 Å². The average Bonchev–Trinajstić information content (AvgIpc) is 2.52. The van der Waals surface area contributed by atoms with Gasteiger partial charge in [0, 0.05) is 4.91 Å². The van der Waals surface area contributed by atoms with Gasteiger partial charge in [0.25, 0.3) is 0 Å². The van der Waals surface area contributed by atoms with Gasteiger partial charge in [0.05, 0.1) is 0 Å². The van der Waals surface area contributed by atoms with Crippen molar-refractivity contribution in [1.29, 1.82) is 0 Å². The van der Waals surface area contributed by atoms with Gasteiger partial charge in [0.15, 0.2) is 6.04 Å². The maximum atomic E-state index is 12.0. The van der Waals surface area contributed by atoms with Crippen molar-refractivity contribution < 1.29 is 9.53 Å². The Hall–Kier alpha value is -2.78. The van der Waals surface area contributed by atoms with E-state index in [1.807, 2.05) is 36.4 Å². The van der Waals surface area contributed by atoms with Crippen LogP contribution < -0.4 is 0 Å². The molecule has 0 aliphatic heterocycles. The molecule has 0 saturated heterocycles. The number of carbonyl (C=O) groups excluding carboxylic acids is 1. The van der Waals surface area contributed by atoms with Gasteiger partial charge in [0.2, 0.25) is 0 Å². The highest BCUT2D eigenvalue weighted by Gasteiger charge is 2.20. The molecule has 0 aliphatic carbocycles. The summed E-state index contributed by atoms with van der Waals surface area (Å²) in [6, 6.07) is 17.2. The third-order valence-corrected chi connectivity index (χ3v) is 2.73. The molecule has 0 fully saturated rings. The fourth-order valence-corrected chi connectivity index (χ4v) is 1.74. The summed E-state index contributed by atoms with van der Waals surface area (Å²) in [6.07, 6.45) is 0. The Morgan fingerprint density at radius 1 is 1.10 bits per heavy atom. The molecule has 0 radical (unpaired) electrons. The number of azide groups is 1. The lowest BCUT2D eigenvalue weighted by Crippen LogP contribution is -2.13. The second-order valence-electron chi connectivity index (χ2n) is 4.11. The van der Waals surface area contributed by atoms with Crippen molar-refractivity contribution in [1.82, 2.24) is 0 Å². The molecule has 0 unspecified atom stereocenters. The van der Waals surface area contributed by atoms with Crippen LogP contribution in [0.15, 0.2) is 65.8 Å². The Balaban J connectivity index is 2.07. The maximum Gasteiger partial charge on any atom is 0.319 e. The van der Waals surface area contributed by atoms with E-state index in [-0.39, 0.29) is 6.61 Å². The topological polar surface area (TPSA) is 75.1 Å². The summed E-state index contributed by atoms with van der Waals surface area (Å²) < 4.78 is 5.19. The molecular weight excluding hydrogens is 254 g/mol. The number of carbonyl (C=O) groups is 1. The lowest BCUT2D eigenvalue weighted by atomic mass is 10.1. The molecule has 0 aliphatic rings. The number of esters is 1. The summed E-state index contributed by atoms with van der Waals surface area (Å²) >= 11 is 0. The molecule has 0 aromatic heterocycles. The molecule has 0 spiro atoms. The molecule has 100 valence electrons. The van der Waals surface area contributed by atoms with E-state index in [1.165, 1.54) is 0 Å². The van der Waals surface area contributed by atoms with Gasteiger partial charge in [0.1, 0.15) is 6.61 Å². The van der Waals surface area contributed by atoms with E-state index in [0.717, 1.165) is 5.56 Å². The first-order valence-corrected chi connectivity index (χ1v) is 6.11. The highest BCUT2D eigenvalue weighted by molar-refractivity contribution is 5.77. The number of benzene rings is 2. The third-order valence-electron chi connectivity index (χ3n) is 2.73. The number of ether oxygens (including phenoxy) is 1. The van der Waals surface area contributed by atoms with Crippen LogP contribution in [0.5, 0.6) is 0 Å². The first kappa shape index (κ1) is 13.6. The van der Waals surface area contributed by atoms with Gasteiger partial charge in [-0.1, -0.05) is 65.8 Å². The highest BCUT2D eigenvalue weighted by Crippen LogP contribution is 2.19. The minimum atomic E-state index is -0.954. The second kappa shape index (κ2) is 6.97. The van der Waals surface area contributed by atoms with Gasteiger partial charge in [-0.2, -0.15) is 0 Å². The fraction of sp³-hybridized carbons (Fsp3) is 0.133. The molecule has 0 saturated carbocycles. The highest BCUT2D eigenvalue weighted by atomic mass is 16.5. The molecule has 0 amide bonds. The Morgan fingerprint density at radius 3 is 2.30 bits per heavy atom. The third kappa shape index (κ3) is 3.60. The molecule has 1 atom stereocenters. The van der Waals surface area contributed by atoms with Crippen molar-refractivity contribution in [3.63, 3.8) is 0 Å². The summed E-state index contributed by atoms with van der Waals surface area (Å²) in [5, 5.41) is 3.51. The number of nitrogens with zero attached hydrogens (tertiary/aromatic N) is 3. The molecule has 0 heterocycles. The van der Waals surface area contributed by atoms with E-state index < -0.39 is 12.0 Å². The van der Waals surface area contributed by atoms with Crippen LogP contribution in [0, 0.1) is 0 Å².